The SMILES string of the molecule is CCC(C)(NC(=O)c1ccc(Br)c([N+](=O)[O-])c1)C(=O)O. The first-order chi connectivity index (χ1) is 9.21. The third-order valence-electron chi connectivity index (χ3n) is 2.97. The van der Waals surface area contributed by atoms with Gasteiger partial charge in [-0.1, -0.05) is 6.92 Å². The first-order valence-electron chi connectivity index (χ1n) is 5.71. The van der Waals surface area contributed by atoms with Crippen LogP contribution >= 0.6 is 15.9 Å². The Hall–Kier alpha value is -1.96. The van der Waals surface area contributed by atoms with Crippen LogP contribution in [0.5, 0.6) is 0 Å². The van der Waals surface area contributed by atoms with E-state index < -0.39 is 22.3 Å². The van der Waals surface area contributed by atoms with E-state index >= 15 is 0 Å². The van der Waals surface area contributed by atoms with E-state index in [-0.39, 0.29) is 22.1 Å². The second-order valence-corrected chi connectivity index (χ2v) is 5.22. The van der Waals surface area contributed by atoms with Gasteiger partial charge >= 0.3 is 5.97 Å². The van der Waals surface area contributed by atoms with E-state index in [1.807, 2.05) is 0 Å². The number of carbonyl (C=O) groups is 2. The molecule has 0 aliphatic carbocycles. The summed E-state index contributed by atoms with van der Waals surface area (Å²) in [6.45, 7) is 3.00. The summed E-state index contributed by atoms with van der Waals surface area (Å²) in [5.41, 5.74) is -1.65. The second-order valence-electron chi connectivity index (χ2n) is 4.37. The highest BCUT2D eigenvalue weighted by Gasteiger charge is 2.33. The molecule has 1 rings (SSSR count). The Morgan fingerprint density at radius 2 is 2.10 bits per heavy atom. The number of nitro groups is 1. The van der Waals surface area contributed by atoms with E-state index in [0.717, 1.165) is 6.07 Å². The largest absolute Gasteiger partial charge is 0.480 e. The fourth-order valence-electron chi connectivity index (χ4n) is 1.41. The molecule has 0 saturated carbocycles. The van der Waals surface area contributed by atoms with Gasteiger partial charge in [0.2, 0.25) is 0 Å². The zero-order valence-corrected chi connectivity index (χ0v) is 12.4. The smallest absolute Gasteiger partial charge is 0.329 e. The highest BCUT2D eigenvalue weighted by molar-refractivity contribution is 9.10. The molecule has 0 aromatic heterocycles. The summed E-state index contributed by atoms with van der Waals surface area (Å²) in [5.74, 6) is -1.84. The molecule has 1 aromatic rings. The lowest BCUT2D eigenvalue weighted by atomic mass is 9.98. The Labute approximate surface area is 123 Å². The molecule has 1 unspecified atom stereocenters. The fraction of sp³-hybridized carbons (Fsp3) is 0.333. The van der Waals surface area contributed by atoms with Gasteiger partial charge in [-0.25, -0.2) is 4.79 Å². The van der Waals surface area contributed by atoms with Crippen LogP contribution in [-0.2, 0) is 4.79 Å². The summed E-state index contributed by atoms with van der Waals surface area (Å²) in [5, 5.41) is 22.2. The molecule has 1 amide bonds. The molecule has 0 bridgehead atoms. The normalized spacial score (nSPS) is 13.3. The molecule has 1 aromatic carbocycles. The summed E-state index contributed by atoms with van der Waals surface area (Å²) < 4.78 is 0.246. The lowest BCUT2D eigenvalue weighted by Crippen LogP contribution is -2.51. The van der Waals surface area contributed by atoms with E-state index in [1.165, 1.54) is 19.1 Å². The van der Waals surface area contributed by atoms with Crippen molar-refractivity contribution < 1.29 is 19.6 Å². The minimum absolute atomic E-state index is 0.0285. The Morgan fingerprint density at radius 1 is 1.50 bits per heavy atom. The third-order valence-corrected chi connectivity index (χ3v) is 3.64. The molecule has 0 spiro atoms. The third kappa shape index (κ3) is 3.32. The summed E-state index contributed by atoms with van der Waals surface area (Å²) in [6.07, 6.45) is 0.187. The second kappa shape index (κ2) is 6.00. The number of halogens is 1. The van der Waals surface area contributed by atoms with Crippen LogP contribution in [0.15, 0.2) is 22.7 Å². The number of nitrogens with one attached hydrogen (secondary N) is 1. The zero-order valence-electron chi connectivity index (χ0n) is 10.8. The number of carbonyl (C=O) groups excluding carboxylic acids is 1. The van der Waals surface area contributed by atoms with Crippen LogP contribution in [0.25, 0.3) is 0 Å². The molecule has 0 aliphatic rings. The van der Waals surface area contributed by atoms with Gasteiger partial charge in [-0.2, -0.15) is 0 Å². The number of aliphatic carboxylic acids is 1. The quantitative estimate of drug-likeness (QED) is 0.629. The standard InChI is InChI=1S/C12H13BrN2O5/c1-3-12(2,11(17)18)14-10(16)7-4-5-8(13)9(6-7)15(19)20/h4-6H,3H2,1-2H3,(H,14,16)(H,17,18). The van der Waals surface area contributed by atoms with Crippen LogP contribution in [0.3, 0.4) is 0 Å². The molecule has 8 heteroatoms. The average molecular weight is 345 g/mol. The number of nitro benzene ring substituents is 1. The van der Waals surface area contributed by atoms with Crippen LogP contribution in [0.1, 0.15) is 30.6 Å². The Bertz CT molecular complexity index is 575. The molecule has 2 N–H and O–H groups in total. The van der Waals surface area contributed by atoms with Gasteiger partial charge in [-0.15, -0.1) is 0 Å². The van der Waals surface area contributed by atoms with Crippen LogP contribution in [0, 0.1) is 10.1 Å². The first-order valence-corrected chi connectivity index (χ1v) is 6.50. The van der Waals surface area contributed by atoms with Gasteiger partial charge < -0.3 is 10.4 Å². The summed E-state index contributed by atoms with van der Waals surface area (Å²) in [4.78, 5) is 33.3. The topological polar surface area (TPSA) is 110 Å². The fourth-order valence-corrected chi connectivity index (χ4v) is 1.80. The number of amides is 1. The van der Waals surface area contributed by atoms with E-state index in [2.05, 4.69) is 21.2 Å². The predicted octanol–water partition coefficient (Wildman–Crippen LogP) is 2.34. The van der Waals surface area contributed by atoms with Crippen molar-refractivity contribution in [2.75, 3.05) is 0 Å². The lowest BCUT2D eigenvalue weighted by molar-refractivity contribution is -0.385. The zero-order chi connectivity index (χ0) is 15.5. The van der Waals surface area contributed by atoms with Crippen molar-refractivity contribution in [1.82, 2.24) is 5.32 Å². The van der Waals surface area contributed by atoms with Gasteiger partial charge in [0, 0.05) is 11.6 Å². The maximum Gasteiger partial charge on any atom is 0.329 e. The molecule has 0 radical (unpaired) electrons. The van der Waals surface area contributed by atoms with E-state index in [4.69, 9.17) is 5.11 Å². The maximum absolute atomic E-state index is 12.0. The predicted molar refractivity (Wildman–Crippen MR) is 74.6 cm³/mol. The number of carboxylic acids is 1. The van der Waals surface area contributed by atoms with Gasteiger partial charge in [0.05, 0.1) is 9.40 Å². The molecule has 0 fully saturated rings. The average Bonchev–Trinajstić information content (AvgIpc) is 2.38. The molecule has 0 aliphatic heterocycles. The number of benzene rings is 1. The van der Waals surface area contributed by atoms with E-state index in [9.17, 15) is 19.7 Å². The van der Waals surface area contributed by atoms with Crippen molar-refractivity contribution in [2.45, 2.75) is 25.8 Å². The minimum Gasteiger partial charge on any atom is -0.480 e. The Balaban J connectivity index is 3.07. The van der Waals surface area contributed by atoms with Crippen molar-refractivity contribution in [2.24, 2.45) is 0 Å². The Morgan fingerprint density at radius 3 is 2.55 bits per heavy atom. The van der Waals surface area contributed by atoms with Crippen LogP contribution in [0.4, 0.5) is 5.69 Å². The van der Waals surface area contributed by atoms with Crippen LogP contribution < -0.4 is 5.32 Å². The number of hydrogen-bond donors (Lipinski definition) is 2. The molecule has 0 heterocycles. The van der Waals surface area contributed by atoms with Crippen molar-refractivity contribution in [1.29, 1.82) is 0 Å². The summed E-state index contributed by atoms with van der Waals surface area (Å²) in [7, 11) is 0. The van der Waals surface area contributed by atoms with Crippen molar-refractivity contribution in [3.05, 3.63) is 38.3 Å². The molecule has 20 heavy (non-hydrogen) atoms. The number of rotatable bonds is 5. The molecule has 108 valence electrons. The molecular formula is C12H13BrN2O5. The monoisotopic (exact) mass is 344 g/mol. The van der Waals surface area contributed by atoms with Gasteiger partial charge in [-0.05, 0) is 41.4 Å². The van der Waals surface area contributed by atoms with Crippen molar-refractivity contribution in [3.63, 3.8) is 0 Å². The molecule has 1 atom stereocenters. The van der Waals surface area contributed by atoms with Gasteiger partial charge in [0.25, 0.3) is 11.6 Å². The molecular weight excluding hydrogens is 332 g/mol. The number of carboxylic acid groups (broad SMARTS) is 1. The van der Waals surface area contributed by atoms with E-state index in [0.29, 0.717) is 0 Å². The highest BCUT2D eigenvalue weighted by Crippen LogP contribution is 2.26. The van der Waals surface area contributed by atoms with Gasteiger partial charge in [0.15, 0.2) is 0 Å². The van der Waals surface area contributed by atoms with Crippen LogP contribution in [-0.4, -0.2) is 27.4 Å². The number of hydrogen-bond acceptors (Lipinski definition) is 4. The first kappa shape index (κ1) is 16.1. The van der Waals surface area contributed by atoms with Crippen molar-refractivity contribution >= 4 is 33.5 Å². The van der Waals surface area contributed by atoms with Crippen molar-refractivity contribution in [3.8, 4) is 0 Å². The minimum atomic E-state index is -1.42. The summed E-state index contributed by atoms with van der Waals surface area (Å²) >= 11 is 3.01. The van der Waals surface area contributed by atoms with Gasteiger partial charge in [0.1, 0.15) is 5.54 Å². The Kier molecular flexibility index (Phi) is 4.83. The molecule has 0 saturated heterocycles. The summed E-state index contributed by atoms with van der Waals surface area (Å²) in [6, 6.07) is 3.85. The van der Waals surface area contributed by atoms with Crippen LogP contribution in [0.2, 0.25) is 0 Å². The molecule has 7 nitrogen and oxygen atoms in total. The van der Waals surface area contributed by atoms with E-state index in [1.54, 1.807) is 6.92 Å². The maximum atomic E-state index is 12.0. The highest BCUT2D eigenvalue weighted by atomic mass is 79.9. The lowest BCUT2D eigenvalue weighted by Gasteiger charge is -2.24. The number of nitrogens with zero attached hydrogens (tertiary/aromatic N) is 1. The van der Waals surface area contributed by atoms with Gasteiger partial charge in [-0.3, -0.25) is 14.9 Å².